The lowest BCUT2D eigenvalue weighted by molar-refractivity contribution is -0.135. The highest BCUT2D eigenvalue weighted by Gasteiger charge is 2.28. The van der Waals surface area contributed by atoms with Crippen molar-refractivity contribution in [1.29, 1.82) is 0 Å². The number of aryl methyl sites for hydroxylation is 1. The summed E-state index contributed by atoms with van der Waals surface area (Å²) in [7, 11) is 0. The highest BCUT2D eigenvalue weighted by atomic mass is 35.5. The smallest absolute Gasteiger partial charge is 0.260 e. The average Bonchev–Trinajstić information content (AvgIpc) is 2.81. The molecule has 1 aliphatic rings. The number of nitrogens with zero attached hydrogens (tertiary/aromatic N) is 2. The molecule has 162 valence electrons. The fourth-order valence-corrected chi connectivity index (χ4v) is 3.99. The molecule has 4 rings (SSSR count). The predicted octanol–water partition coefficient (Wildman–Crippen LogP) is 4.73. The molecule has 0 aromatic heterocycles. The number of hydrogen-bond donors (Lipinski definition) is 0. The summed E-state index contributed by atoms with van der Waals surface area (Å²) in [5.41, 5.74) is 3.74. The molecule has 0 spiro atoms. The first-order valence-electron chi connectivity index (χ1n) is 10.5. The second kappa shape index (κ2) is 11.0. The van der Waals surface area contributed by atoms with Crippen molar-refractivity contribution in [2.45, 2.75) is 13.0 Å². The van der Waals surface area contributed by atoms with Gasteiger partial charge >= 0.3 is 0 Å². The summed E-state index contributed by atoms with van der Waals surface area (Å²) >= 11 is 0. The number of halogens is 1. The Kier molecular flexibility index (Phi) is 8.10. The number of ether oxygens (including phenoxy) is 1. The van der Waals surface area contributed by atoms with E-state index in [-0.39, 0.29) is 31.0 Å². The maximum atomic E-state index is 12.6. The number of carbonyl (C=O) groups is 1. The number of carbonyl (C=O) groups excluding carboxylic acids is 1. The van der Waals surface area contributed by atoms with Gasteiger partial charge in [-0.05, 0) is 30.2 Å². The number of amides is 1. The molecule has 1 aliphatic heterocycles. The van der Waals surface area contributed by atoms with Crippen molar-refractivity contribution in [2.75, 3.05) is 32.8 Å². The molecule has 0 unspecified atom stereocenters. The van der Waals surface area contributed by atoms with Gasteiger partial charge in [-0.25, -0.2) is 0 Å². The quantitative estimate of drug-likeness (QED) is 0.560. The number of benzene rings is 3. The van der Waals surface area contributed by atoms with Crippen LogP contribution in [0.15, 0.2) is 84.9 Å². The van der Waals surface area contributed by atoms with E-state index in [1.54, 1.807) is 0 Å². The number of piperazine rings is 1. The molecule has 1 heterocycles. The molecular formula is C26H29ClN2O2. The maximum Gasteiger partial charge on any atom is 0.260 e. The number of hydrogen-bond acceptors (Lipinski definition) is 3. The molecule has 1 fully saturated rings. The van der Waals surface area contributed by atoms with E-state index in [0.717, 1.165) is 18.8 Å². The van der Waals surface area contributed by atoms with E-state index >= 15 is 0 Å². The van der Waals surface area contributed by atoms with Crippen LogP contribution in [0.2, 0.25) is 0 Å². The third-order valence-electron chi connectivity index (χ3n) is 5.65. The first kappa shape index (κ1) is 22.9. The zero-order valence-electron chi connectivity index (χ0n) is 17.8. The summed E-state index contributed by atoms with van der Waals surface area (Å²) < 4.78 is 5.68. The van der Waals surface area contributed by atoms with Crippen LogP contribution in [0.5, 0.6) is 5.75 Å². The van der Waals surface area contributed by atoms with Crippen molar-refractivity contribution in [2.24, 2.45) is 0 Å². The molecule has 1 saturated heterocycles. The summed E-state index contributed by atoms with van der Waals surface area (Å²) in [6.07, 6.45) is 0. The summed E-state index contributed by atoms with van der Waals surface area (Å²) in [6.45, 7) is 5.23. The van der Waals surface area contributed by atoms with Gasteiger partial charge in [0, 0.05) is 26.2 Å². The van der Waals surface area contributed by atoms with Crippen molar-refractivity contribution in [3.8, 4) is 5.75 Å². The van der Waals surface area contributed by atoms with Crippen LogP contribution in [-0.2, 0) is 4.79 Å². The molecule has 0 N–H and O–H groups in total. The van der Waals surface area contributed by atoms with Gasteiger partial charge in [0.15, 0.2) is 6.61 Å². The van der Waals surface area contributed by atoms with Crippen molar-refractivity contribution in [1.82, 2.24) is 9.80 Å². The normalized spacial score (nSPS) is 14.2. The third-order valence-corrected chi connectivity index (χ3v) is 5.65. The lowest BCUT2D eigenvalue weighted by Crippen LogP contribution is -2.51. The van der Waals surface area contributed by atoms with E-state index < -0.39 is 0 Å². The molecule has 5 heteroatoms. The van der Waals surface area contributed by atoms with Crippen LogP contribution >= 0.6 is 12.4 Å². The molecule has 1 amide bonds. The lowest BCUT2D eigenvalue weighted by atomic mass is 9.96. The van der Waals surface area contributed by atoms with Gasteiger partial charge in [0.25, 0.3) is 5.91 Å². The van der Waals surface area contributed by atoms with Gasteiger partial charge < -0.3 is 9.64 Å². The molecule has 31 heavy (non-hydrogen) atoms. The van der Waals surface area contributed by atoms with E-state index in [2.05, 4.69) is 65.6 Å². The van der Waals surface area contributed by atoms with Crippen LogP contribution in [0.3, 0.4) is 0 Å². The SMILES string of the molecule is Cc1ccc(OCC(=O)N2CCN(C(c3ccccc3)c3ccccc3)CC2)cc1.Cl. The maximum absolute atomic E-state index is 12.6. The van der Waals surface area contributed by atoms with Gasteiger partial charge in [-0.2, -0.15) is 0 Å². The van der Waals surface area contributed by atoms with Crippen molar-refractivity contribution in [3.05, 3.63) is 102 Å². The minimum Gasteiger partial charge on any atom is -0.484 e. The lowest BCUT2D eigenvalue weighted by Gasteiger charge is -2.39. The van der Waals surface area contributed by atoms with Crippen LogP contribution in [0.4, 0.5) is 0 Å². The molecule has 0 radical (unpaired) electrons. The Balaban J connectivity index is 0.00000272. The highest BCUT2D eigenvalue weighted by Crippen LogP contribution is 2.29. The minimum atomic E-state index is 0. The summed E-state index contributed by atoms with van der Waals surface area (Å²) in [6, 6.07) is 29.2. The summed E-state index contributed by atoms with van der Waals surface area (Å²) in [4.78, 5) is 17.0. The molecular weight excluding hydrogens is 408 g/mol. The minimum absolute atomic E-state index is 0. The zero-order valence-corrected chi connectivity index (χ0v) is 18.6. The molecule has 0 bridgehead atoms. The Morgan fingerprint density at radius 1 is 0.806 bits per heavy atom. The molecule has 0 atom stereocenters. The van der Waals surface area contributed by atoms with Crippen molar-refractivity contribution < 1.29 is 9.53 Å². The largest absolute Gasteiger partial charge is 0.484 e. The first-order chi connectivity index (χ1) is 14.7. The predicted molar refractivity (Wildman–Crippen MR) is 127 cm³/mol. The average molecular weight is 437 g/mol. The van der Waals surface area contributed by atoms with Crippen molar-refractivity contribution >= 4 is 18.3 Å². The van der Waals surface area contributed by atoms with E-state index in [0.29, 0.717) is 13.1 Å². The van der Waals surface area contributed by atoms with Crippen LogP contribution in [-0.4, -0.2) is 48.5 Å². The Bertz CT molecular complexity index is 901. The Morgan fingerprint density at radius 3 is 1.84 bits per heavy atom. The van der Waals surface area contributed by atoms with Gasteiger partial charge in [-0.3, -0.25) is 9.69 Å². The monoisotopic (exact) mass is 436 g/mol. The first-order valence-corrected chi connectivity index (χ1v) is 10.5. The van der Waals surface area contributed by atoms with E-state index in [1.807, 2.05) is 36.1 Å². The topological polar surface area (TPSA) is 32.8 Å². The van der Waals surface area contributed by atoms with Crippen LogP contribution in [0.1, 0.15) is 22.7 Å². The standard InChI is InChI=1S/C26H28N2O2.ClH/c1-21-12-14-24(15-13-21)30-20-25(29)27-16-18-28(19-17-27)26(22-8-4-2-5-9-22)23-10-6-3-7-11-23;/h2-15,26H,16-20H2,1H3;1H. The van der Waals surface area contributed by atoms with Gasteiger partial charge in [0.05, 0.1) is 6.04 Å². The Labute approximate surface area is 190 Å². The molecule has 4 nitrogen and oxygen atoms in total. The van der Waals surface area contributed by atoms with E-state index in [4.69, 9.17) is 4.74 Å². The van der Waals surface area contributed by atoms with Gasteiger partial charge in [-0.15, -0.1) is 12.4 Å². The zero-order chi connectivity index (χ0) is 20.8. The van der Waals surface area contributed by atoms with Gasteiger partial charge in [-0.1, -0.05) is 78.4 Å². The Hall–Kier alpha value is -2.82. The molecule has 3 aromatic carbocycles. The third kappa shape index (κ3) is 5.87. The number of rotatable bonds is 6. The van der Waals surface area contributed by atoms with E-state index in [9.17, 15) is 4.79 Å². The highest BCUT2D eigenvalue weighted by molar-refractivity contribution is 5.85. The van der Waals surface area contributed by atoms with Crippen LogP contribution < -0.4 is 4.74 Å². The fraction of sp³-hybridized carbons (Fsp3) is 0.269. The molecule has 0 aliphatic carbocycles. The van der Waals surface area contributed by atoms with Gasteiger partial charge in [0.2, 0.25) is 0 Å². The van der Waals surface area contributed by atoms with E-state index in [1.165, 1.54) is 16.7 Å². The molecule has 3 aromatic rings. The molecule has 0 saturated carbocycles. The fourth-order valence-electron chi connectivity index (χ4n) is 3.99. The summed E-state index contributed by atoms with van der Waals surface area (Å²) in [5, 5.41) is 0. The Morgan fingerprint density at radius 2 is 1.32 bits per heavy atom. The van der Waals surface area contributed by atoms with Crippen LogP contribution in [0, 0.1) is 6.92 Å². The second-order valence-corrected chi connectivity index (χ2v) is 7.74. The summed E-state index contributed by atoms with van der Waals surface area (Å²) in [5.74, 6) is 0.784. The van der Waals surface area contributed by atoms with Crippen molar-refractivity contribution in [3.63, 3.8) is 0 Å². The van der Waals surface area contributed by atoms with Gasteiger partial charge in [0.1, 0.15) is 5.75 Å². The second-order valence-electron chi connectivity index (χ2n) is 7.74. The van der Waals surface area contributed by atoms with Crippen LogP contribution in [0.25, 0.3) is 0 Å².